The summed E-state index contributed by atoms with van der Waals surface area (Å²) in [5.41, 5.74) is 4.35. The van der Waals surface area contributed by atoms with E-state index < -0.39 is 0 Å². The van der Waals surface area contributed by atoms with Gasteiger partial charge in [0, 0.05) is 16.1 Å². The Hall–Kier alpha value is -2.34. The normalized spacial score (nSPS) is 11.2. The van der Waals surface area contributed by atoms with E-state index in [4.69, 9.17) is 39.3 Å². The molecule has 0 amide bonds. The van der Waals surface area contributed by atoms with Crippen LogP contribution in [0.3, 0.4) is 0 Å². The van der Waals surface area contributed by atoms with Crippen LogP contribution >= 0.6 is 34.8 Å². The van der Waals surface area contributed by atoms with Crippen LogP contribution in [0.4, 0.5) is 0 Å². The van der Waals surface area contributed by atoms with Gasteiger partial charge in [-0.25, -0.2) is 0 Å². The van der Waals surface area contributed by atoms with Crippen LogP contribution in [-0.2, 0) is 6.54 Å². The molecule has 0 saturated carbocycles. The van der Waals surface area contributed by atoms with Crippen LogP contribution in [0.25, 0.3) is 22.8 Å². The second-order valence-electron chi connectivity index (χ2n) is 6.39. The van der Waals surface area contributed by atoms with Crippen molar-refractivity contribution in [3.63, 3.8) is 0 Å². The van der Waals surface area contributed by atoms with Crippen molar-refractivity contribution in [3.05, 3.63) is 74.5 Å². The molecule has 0 saturated heterocycles. The third-order valence-electron chi connectivity index (χ3n) is 4.42. The first-order valence-electron chi connectivity index (χ1n) is 8.50. The third kappa shape index (κ3) is 3.65. The van der Waals surface area contributed by atoms with Gasteiger partial charge in [0.05, 0.1) is 28.0 Å². The first-order chi connectivity index (χ1) is 13.4. The highest BCUT2D eigenvalue weighted by Crippen LogP contribution is 2.30. The predicted octanol–water partition coefficient (Wildman–Crippen LogP) is 6.23. The van der Waals surface area contributed by atoms with Crippen LogP contribution in [-0.4, -0.2) is 19.9 Å². The van der Waals surface area contributed by atoms with Crippen LogP contribution in [0, 0.1) is 13.8 Å². The van der Waals surface area contributed by atoms with E-state index in [1.54, 1.807) is 18.2 Å². The molecule has 0 bridgehead atoms. The Balaban J connectivity index is 1.56. The van der Waals surface area contributed by atoms with Gasteiger partial charge in [-0.1, -0.05) is 52.1 Å². The van der Waals surface area contributed by atoms with Gasteiger partial charge >= 0.3 is 0 Å². The fourth-order valence-corrected chi connectivity index (χ4v) is 3.50. The van der Waals surface area contributed by atoms with Gasteiger partial charge in [-0.05, 0) is 49.7 Å². The zero-order valence-corrected chi connectivity index (χ0v) is 17.3. The van der Waals surface area contributed by atoms with Gasteiger partial charge in [0.25, 0.3) is 5.89 Å². The molecule has 0 N–H and O–H groups in total. The molecule has 0 fully saturated rings. The highest BCUT2D eigenvalue weighted by molar-refractivity contribution is 6.36. The molecule has 4 rings (SSSR count). The Morgan fingerprint density at radius 1 is 1.00 bits per heavy atom. The van der Waals surface area contributed by atoms with Crippen LogP contribution < -0.4 is 0 Å². The van der Waals surface area contributed by atoms with E-state index in [0.29, 0.717) is 38.9 Å². The molecule has 2 aromatic carbocycles. The molecule has 4 aromatic rings. The fourth-order valence-electron chi connectivity index (χ4n) is 2.88. The molecule has 0 spiro atoms. The van der Waals surface area contributed by atoms with E-state index in [0.717, 1.165) is 22.5 Å². The molecule has 0 aliphatic rings. The van der Waals surface area contributed by atoms with Crippen molar-refractivity contribution in [2.75, 3.05) is 0 Å². The molecule has 0 aliphatic carbocycles. The zero-order chi connectivity index (χ0) is 19.8. The first-order valence-corrected chi connectivity index (χ1v) is 9.63. The lowest BCUT2D eigenvalue weighted by molar-refractivity contribution is 0.432. The predicted molar refractivity (Wildman–Crippen MR) is 111 cm³/mol. The zero-order valence-electron chi connectivity index (χ0n) is 15.1. The first kappa shape index (κ1) is 19.0. The van der Waals surface area contributed by atoms with Gasteiger partial charge in [0.15, 0.2) is 0 Å². The average Bonchev–Trinajstić information content (AvgIpc) is 3.24. The number of aromatic nitrogens is 4. The third-order valence-corrected chi connectivity index (χ3v) is 5.52. The van der Waals surface area contributed by atoms with Crippen molar-refractivity contribution >= 4 is 34.8 Å². The SMILES string of the molecule is Cc1nn(Cc2ccc(-c3nc(-c4ccc(Cl)cc4Cl)no3)cc2)c(C)c1Cl. The van der Waals surface area contributed by atoms with Crippen molar-refractivity contribution in [1.82, 2.24) is 19.9 Å². The fraction of sp³-hybridized carbons (Fsp3) is 0.150. The van der Waals surface area contributed by atoms with Gasteiger partial charge in [0.2, 0.25) is 5.82 Å². The Kier molecular flexibility index (Phi) is 5.15. The smallest absolute Gasteiger partial charge is 0.258 e. The van der Waals surface area contributed by atoms with Crippen molar-refractivity contribution in [2.24, 2.45) is 0 Å². The maximum absolute atomic E-state index is 6.22. The lowest BCUT2D eigenvalue weighted by atomic mass is 10.1. The number of nitrogens with zero attached hydrogens (tertiary/aromatic N) is 4. The maximum atomic E-state index is 6.22. The summed E-state index contributed by atoms with van der Waals surface area (Å²) in [5, 5.41) is 10.2. The van der Waals surface area contributed by atoms with Crippen LogP contribution in [0.2, 0.25) is 15.1 Å². The minimum atomic E-state index is 0.415. The van der Waals surface area contributed by atoms with Gasteiger partial charge in [-0.3, -0.25) is 4.68 Å². The molecule has 0 radical (unpaired) electrons. The molecule has 2 heterocycles. The molecule has 2 aromatic heterocycles. The number of benzene rings is 2. The largest absolute Gasteiger partial charge is 0.334 e. The summed E-state index contributed by atoms with van der Waals surface area (Å²) in [4.78, 5) is 4.44. The van der Waals surface area contributed by atoms with Gasteiger partial charge in [-0.2, -0.15) is 10.1 Å². The Labute approximate surface area is 176 Å². The summed E-state index contributed by atoms with van der Waals surface area (Å²) in [6.45, 7) is 4.49. The summed E-state index contributed by atoms with van der Waals surface area (Å²) in [6.07, 6.45) is 0. The van der Waals surface area contributed by atoms with E-state index in [-0.39, 0.29) is 0 Å². The number of hydrogen-bond acceptors (Lipinski definition) is 4. The summed E-state index contributed by atoms with van der Waals surface area (Å²) in [7, 11) is 0. The number of aryl methyl sites for hydroxylation is 1. The minimum absolute atomic E-state index is 0.415. The highest BCUT2D eigenvalue weighted by atomic mass is 35.5. The number of hydrogen-bond donors (Lipinski definition) is 0. The molecule has 5 nitrogen and oxygen atoms in total. The summed E-state index contributed by atoms with van der Waals surface area (Å²) < 4.78 is 7.29. The molecule has 142 valence electrons. The summed E-state index contributed by atoms with van der Waals surface area (Å²) >= 11 is 18.4. The van der Waals surface area contributed by atoms with Crippen molar-refractivity contribution in [2.45, 2.75) is 20.4 Å². The molecular formula is C20H15Cl3N4O. The van der Waals surface area contributed by atoms with Crippen molar-refractivity contribution in [1.29, 1.82) is 0 Å². The second kappa shape index (κ2) is 7.59. The Morgan fingerprint density at radius 3 is 2.39 bits per heavy atom. The molecular weight excluding hydrogens is 419 g/mol. The van der Waals surface area contributed by atoms with E-state index in [1.165, 1.54) is 0 Å². The van der Waals surface area contributed by atoms with Gasteiger partial charge < -0.3 is 4.52 Å². The summed E-state index contributed by atoms with van der Waals surface area (Å²) in [6, 6.07) is 13.0. The second-order valence-corrected chi connectivity index (χ2v) is 7.61. The summed E-state index contributed by atoms with van der Waals surface area (Å²) in [5.74, 6) is 0.833. The number of rotatable bonds is 4. The molecule has 8 heteroatoms. The quantitative estimate of drug-likeness (QED) is 0.383. The Morgan fingerprint density at radius 2 is 1.75 bits per heavy atom. The van der Waals surface area contributed by atoms with Crippen molar-refractivity contribution < 1.29 is 4.52 Å². The van der Waals surface area contributed by atoms with E-state index in [2.05, 4.69) is 15.2 Å². The van der Waals surface area contributed by atoms with Crippen LogP contribution in [0.15, 0.2) is 47.0 Å². The molecule has 28 heavy (non-hydrogen) atoms. The van der Waals surface area contributed by atoms with E-state index in [9.17, 15) is 0 Å². The molecule has 0 unspecified atom stereocenters. The van der Waals surface area contributed by atoms with Crippen LogP contribution in [0.1, 0.15) is 17.0 Å². The van der Waals surface area contributed by atoms with E-state index in [1.807, 2.05) is 42.8 Å². The highest BCUT2D eigenvalue weighted by Gasteiger charge is 2.14. The monoisotopic (exact) mass is 432 g/mol. The maximum Gasteiger partial charge on any atom is 0.258 e. The van der Waals surface area contributed by atoms with Crippen LogP contribution in [0.5, 0.6) is 0 Å². The standard InChI is InChI=1S/C20H15Cl3N4O/c1-11-18(23)12(2)27(25-11)10-13-3-5-14(6-4-13)20-24-19(26-28-20)16-8-7-15(21)9-17(16)22/h3-9H,10H2,1-2H3. The lowest BCUT2D eigenvalue weighted by Gasteiger charge is -2.05. The Bertz CT molecular complexity index is 1150. The minimum Gasteiger partial charge on any atom is -0.334 e. The van der Waals surface area contributed by atoms with Gasteiger partial charge in [-0.15, -0.1) is 0 Å². The van der Waals surface area contributed by atoms with Crippen molar-refractivity contribution in [3.8, 4) is 22.8 Å². The molecule has 0 atom stereocenters. The van der Waals surface area contributed by atoms with E-state index >= 15 is 0 Å². The number of halogens is 3. The van der Waals surface area contributed by atoms with Gasteiger partial charge in [0.1, 0.15) is 0 Å². The topological polar surface area (TPSA) is 56.7 Å². The average molecular weight is 434 g/mol. The lowest BCUT2D eigenvalue weighted by Crippen LogP contribution is -2.03. The molecule has 0 aliphatic heterocycles.